The summed E-state index contributed by atoms with van der Waals surface area (Å²) in [6.45, 7) is 6.62. The highest BCUT2D eigenvalue weighted by Crippen LogP contribution is 2.38. The van der Waals surface area contributed by atoms with E-state index in [1.165, 1.54) is 0 Å². The normalized spacial score (nSPS) is 27.5. The van der Waals surface area contributed by atoms with Crippen LogP contribution in [0.5, 0.6) is 0 Å². The third kappa shape index (κ3) is 2.77. The van der Waals surface area contributed by atoms with Gasteiger partial charge in [0, 0.05) is 24.0 Å². The molecule has 22 heavy (non-hydrogen) atoms. The van der Waals surface area contributed by atoms with Gasteiger partial charge in [0.1, 0.15) is 0 Å². The fourth-order valence-electron chi connectivity index (χ4n) is 3.05. The summed E-state index contributed by atoms with van der Waals surface area (Å²) in [7, 11) is 0. The molecular weight excluding hydrogens is 296 g/mol. The zero-order valence-corrected chi connectivity index (χ0v) is 14.2. The Balaban J connectivity index is 1.73. The number of carbonyl (C=O) groups is 1. The van der Waals surface area contributed by atoms with Crippen LogP contribution in [0.2, 0.25) is 0 Å². The number of nitrogens with one attached hydrogen (secondary N) is 2. The van der Waals surface area contributed by atoms with Gasteiger partial charge in [-0.3, -0.25) is 4.79 Å². The van der Waals surface area contributed by atoms with Gasteiger partial charge in [0.15, 0.2) is 0 Å². The summed E-state index contributed by atoms with van der Waals surface area (Å²) in [5, 5.41) is 16.8. The third-order valence-corrected chi connectivity index (χ3v) is 6.09. The molecule has 5 heteroatoms. The molecule has 1 aromatic carbocycles. The van der Waals surface area contributed by atoms with Gasteiger partial charge in [0.05, 0.1) is 11.0 Å². The van der Waals surface area contributed by atoms with Crippen molar-refractivity contribution in [1.29, 1.82) is 0 Å². The molecule has 0 aliphatic carbocycles. The largest absolute Gasteiger partial charge is 0.388 e. The lowest BCUT2D eigenvalue weighted by Crippen LogP contribution is -2.41. The quantitative estimate of drug-likeness (QED) is 0.797. The first kappa shape index (κ1) is 15.8. The maximum Gasteiger partial charge on any atom is 0.234 e. The Bertz CT molecular complexity index is 594. The topological polar surface area (TPSA) is 61.4 Å². The van der Waals surface area contributed by atoms with Crippen molar-refractivity contribution in [3.8, 4) is 0 Å². The van der Waals surface area contributed by atoms with Crippen molar-refractivity contribution in [2.24, 2.45) is 0 Å². The molecule has 1 amide bonds. The Morgan fingerprint density at radius 1 is 1.45 bits per heavy atom. The summed E-state index contributed by atoms with van der Waals surface area (Å²) in [5.41, 5.74) is 2.06. The molecule has 120 valence electrons. The van der Waals surface area contributed by atoms with Gasteiger partial charge in [-0.05, 0) is 50.1 Å². The number of carbonyl (C=O) groups excluding carboxylic acids is 1. The number of rotatable bonds is 4. The lowest BCUT2D eigenvalue weighted by atomic mass is 9.85. The van der Waals surface area contributed by atoms with Gasteiger partial charge in [0.25, 0.3) is 0 Å². The number of aliphatic hydroxyl groups is 1. The number of thioether (sulfide) groups is 1. The monoisotopic (exact) mass is 320 g/mol. The molecule has 3 N–H and O–H groups in total. The lowest BCUT2D eigenvalue weighted by Gasteiger charge is -2.25. The molecule has 0 spiro atoms. The Morgan fingerprint density at radius 2 is 2.23 bits per heavy atom. The second-order valence-electron chi connectivity index (χ2n) is 7.01. The molecular formula is C17H24N2O2S. The predicted molar refractivity (Wildman–Crippen MR) is 91.4 cm³/mol. The Kier molecular flexibility index (Phi) is 4.00. The smallest absolute Gasteiger partial charge is 0.234 e. The van der Waals surface area contributed by atoms with Gasteiger partial charge in [-0.15, -0.1) is 0 Å². The number of amides is 1. The summed E-state index contributed by atoms with van der Waals surface area (Å²) in [6, 6.07) is 6.28. The fraction of sp³-hybridized carbons (Fsp3) is 0.588. The van der Waals surface area contributed by atoms with Gasteiger partial charge < -0.3 is 15.7 Å². The average molecular weight is 320 g/mol. The van der Waals surface area contributed by atoms with Crippen LogP contribution in [0.1, 0.15) is 44.4 Å². The second-order valence-corrected chi connectivity index (χ2v) is 8.12. The van der Waals surface area contributed by atoms with Gasteiger partial charge in [-0.2, -0.15) is 11.8 Å². The van der Waals surface area contributed by atoms with Crippen molar-refractivity contribution in [1.82, 2.24) is 5.32 Å². The number of fused-ring (bicyclic) bond motifs is 1. The number of hydrogen-bond acceptors (Lipinski definition) is 4. The van der Waals surface area contributed by atoms with Crippen LogP contribution in [0.3, 0.4) is 0 Å². The van der Waals surface area contributed by atoms with E-state index in [1.807, 2.05) is 37.7 Å². The van der Waals surface area contributed by atoms with E-state index < -0.39 is 11.0 Å². The summed E-state index contributed by atoms with van der Waals surface area (Å²) < 4.78 is 0. The molecule has 4 nitrogen and oxygen atoms in total. The molecule has 0 bridgehead atoms. The van der Waals surface area contributed by atoms with E-state index in [2.05, 4.69) is 23.6 Å². The summed E-state index contributed by atoms with van der Waals surface area (Å²) in [6.07, 6.45) is 0.854. The fourth-order valence-corrected chi connectivity index (χ4v) is 4.35. The van der Waals surface area contributed by atoms with Crippen molar-refractivity contribution in [2.45, 2.75) is 44.2 Å². The maximum absolute atomic E-state index is 12.0. The molecule has 2 unspecified atom stereocenters. The Labute approximate surface area is 136 Å². The first-order chi connectivity index (χ1) is 10.3. The SMILES string of the molecule is CC(NCC1(O)CCSC1)c1ccc2c(c1)C(C)(C)C(=O)N2. The molecule has 2 atom stereocenters. The molecule has 1 fully saturated rings. The highest BCUT2D eigenvalue weighted by atomic mass is 32.2. The van der Waals surface area contributed by atoms with Crippen LogP contribution in [0, 0.1) is 0 Å². The van der Waals surface area contributed by atoms with Crippen molar-refractivity contribution < 1.29 is 9.90 Å². The van der Waals surface area contributed by atoms with Crippen LogP contribution < -0.4 is 10.6 Å². The minimum atomic E-state index is -0.577. The molecule has 2 heterocycles. The molecule has 1 aromatic rings. The van der Waals surface area contributed by atoms with Crippen LogP contribution in [0.25, 0.3) is 0 Å². The molecule has 2 aliphatic rings. The molecule has 0 saturated carbocycles. The van der Waals surface area contributed by atoms with Crippen LogP contribution in [0.15, 0.2) is 18.2 Å². The van der Waals surface area contributed by atoms with E-state index in [4.69, 9.17) is 0 Å². The van der Waals surface area contributed by atoms with Crippen LogP contribution >= 0.6 is 11.8 Å². The minimum Gasteiger partial charge on any atom is -0.388 e. The summed E-state index contributed by atoms with van der Waals surface area (Å²) in [4.78, 5) is 12.0. The standard InChI is InChI=1S/C17H24N2O2S/c1-11(18-9-17(21)6-7-22-10-17)12-4-5-14-13(8-12)16(2,3)15(20)19-14/h4-5,8,11,18,21H,6-7,9-10H2,1-3H3,(H,19,20). The van der Waals surface area contributed by atoms with Crippen LogP contribution in [0.4, 0.5) is 5.69 Å². The van der Waals surface area contributed by atoms with Crippen LogP contribution in [-0.4, -0.2) is 34.7 Å². The van der Waals surface area contributed by atoms with Crippen LogP contribution in [-0.2, 0) is 10.2 Å². The Hall–Kier alpha value is -1.04. The number of benzene rings is 1. The van der Waals surface area contributed by atoms with E-state index in [-0.39, 0.29) is 11.9 Å². The third-order valence-electron chi connectivity index (χ3n) is 4.85. The molecule has 2 aliphatic heterocycles. The average Bonchev–Trinajstić information content (AvgIpc) is 3.00. The molecule has 1 saturated heterocycles. The number of anilines is 1. The first-order valence-electron chi connectivity index (χ1n) is 7.81. The van der Waals surface area contributed by atoms with E-state index in [9.17, 15) is 9.90 Å². The van der Waals surface area contributed by atoms with E-state index in [0.717, 1.165) is 34.7 Å². The van der Waals surface area contributed by atoms with Crippen molar-refractivity contribution >= 4 is 23.4 Å². The first-order valence-corrected chi connectivity index (χ1v) is 8.97. The molecule has 3 rings (SSSR count). The van der Waals surface area contributed by atoms with Gasteiger partial charge in [-0.1, -0.05) is 12.1 Å². The van der Waals surface area contributed by atoms with Gasteiger partial charge in [0.2, 0.25) is 5.91 Å². The zero-order chi connectivity index (χ0) is 16.0. The van der Waals surface area contributed by atoms with Gasteiger partial charge >= 0.3 is 0 Å². The van der Waals surface area contributed by atoms with Crippen molar-refractivity contribution in [2.75, 3.05) is 23.4 Å². The van der Waals surface area contributed by atoms with E-state index >= 15 is 0 Å². The van der Waals surface area contributed by atoms with Crippen molar-refractivity contribution in [3.63, 3.8) is 0 Å². The lowest BCUT2D eigenvalue weighted by molar-refractivity contribution is -0.119. The van der Waals surface area contributed by atoms with Crippen molar-refractivity contribution in [3.05, 3.63) is 29.3 Å². The van der Waals surface area contributed by atoms with E-state index in [0.29, 0.717) is 6.54 Å². The summed E-state index contributed by atoms with van der Waals surface area (Å²) >= 11 is 1.81. The minimum absolute atomic E-state index is 0.0533. The molecule has 0 radical (unpaired) electrons. The number of hydrogen-bond donors (Lipinski definition) is 3. The molecule has 0 aromatic heterocycles. The zero-order valence-electron chi connectivity index (χ0n) is 13.4. The Morgan fingerprint density at radius 3 is 2.91 bits per heavy atom. The second kappa shape index (κ2) is 5.55. The van der Waals surface area contributed by atoms with Gasteiger partial charge in [-0.25, -0.2) is 0 Å². The predicted octanol–water partition coefficient (Wildman–Crippen LogP) is 2.43. The highest BCUT2D eigenvalue weighted by Gasteiger charge is 2.38. The highest BCUT2D eigenvalue weighted by molar-refractivity contribution is 7.99. The maximum atomic E-state index is 12.0. The summed E-state index contributed by atoms with van der Waals surface area (Å²) in [5.74, 6) is 1.90. The van der Waals surface area contributed by atoms with E-state index in [1.54, 1.807) is 0 Å².